The third-order valence-corrected chi connectivity index (χ3v) is 8.36. The van der Waals surface area contributed by atoms with E-state index in [1.807, 2.05) is 19.1 Å². The van der Waals surface area contributed by atoms with Crippen LogP contribution in [0.2, 0.25) is 0 Å². The number of hydrogen-bond acceptors (Lipinski definition) is 11. The van der Waals surface area contributed by atoms with Gasteiger partial charge >= 0.3 is 12.3 Å². The number of nitrogens with one attached hydrogen (secondary N) is 2. The fourth-order valence-electron chi connectivity index (χ4n) is 5.43. The van der Waals surface area contributed by atoms with Gasteiger partial charge in [-0.05, 0) is 61.2 Å². The number of ether oxygens (including phenoxy) is 7. The summed E-state index contributed by atoms with van der Waals surface area (Å²) < 4.78 is 63.0. The first-order chi connectivity index (χ1) is 25.6. The van der Waals surface area contributed by atoms with E-state index < -0.39 is 17.7 Å². The average Bonchev–Trinajstić information content (AvgIpc) is 3.88. The van der Waals surface area contributed by atoms with Gasteiger partial charge in [0, 0.05) is 17.7 Å². The summed E-state index contributed by atoms with van der Waals surface area (Å²) in [6.07, 6.45) is -2.70. The highest BCUT2D eigenvalue weighted by Crippen LogP contribution is 2.52. The van der Waals surface area contributed by atoms with Crippen LogP contribution in [0.1, 0.15) is 40.7 Å². The molecular weight excluding hydrogens is 700 g/mol. The van der Waals surface area contributed by atoms with Gasteiger partial charge in [-0.25, -0.2) is 4.98 Å². The lowest BCUT2D eigenvalue weighted by atomic mass is 9.94. The minimum absolute atomic E-state index is 0.0315. The molecule has 2 heterocycles. The molecule has 0 spiro atoms. The molecule has 1 aliphatic heterocycles. The zero-order valence-electron chi connectivity index (χ0n) is 29.3. The second-order valence-corrected chi connectivity index (χ2v) is 12.3. The summed E-state index contributed by atoms with van der Waals surface area (Å²) in [5.41, 5.74) is 2.21. The largest absolute Gasteiger partial charge is 0.586 e. The van der Waals surface area contributed by atoms with Crippen LogP contribution < -0.4 is 20.1 Å². The Morgan fingerprint density at radius 2 is 1.42 bits per heavy atom. The molecule has 3 aromatic rings. The van der Waals surface area contributed by atoms with E-state index in [-0.39, 0.29) is 36.3 Å². The number of alkyl halides is 2. The smallest absolute Gasteiger partial charge is 0.481 e. The van der Waals surface area contributed by atoms with Crippen LogP contribution in [-0.4, -0.2) is 107 Å². The van der Waals surface area contributed by atoms with Gasteiger partial charge in [0.25, 0.3) is 5.91 Å². The van der Waals surface area contributed by atoms with Crippen LogP contribution in [0.25, 0.3) is 11.3 Å². The molecule has 16 heteroatoms. The fraction of sp³-hybridized carbons (Fsp3) is 0.459. The van der Waals surface area contributed by atoms with Crippen molar-refractivity contribution >= 4 is 23.6 Å². The molecule has 2 aliphatic rings. The molecule has 1 aliphatic carbocycles. The van der Waals surface area contributed by atoms with Crippen molar-refractivity contribution in [3.05, 3.63) is 71.3 Å². The Kier molecular flexibility index (Phi) is 14.0. The third-order valence-electron chi connectivity index (χ3n) is 8.36. The molecule has 2 aromatic carbocycles. The second-order valence-electron chi connectivity index (χ2n) is 12.3. The normalized spacial score (nSPS) is 14.8. The quantitative estimate of drug-likeness (QED) is 0.118. The van der Waals surface area contributed by atoms with Crippen molar-refractivity contribution in [3.8, 4) is 22.8 Å². The summed E-state index contributed by atoms with van der Waals surface area (Å²) >= 11 is 0. The molecule has 1 fully saturated rings. The predicted molar refractivity (Wildman–Crippen MR) is 185 cm³/mol. The van der Waals surface area contributed by atoms with Gasteiger partial charge in [0.2, 0.25) is 5.91 Å². The molecule has 5 rings (SSSR count). The number of amides is 2. The topological polar surface area (TPSA) is 173 Å². The molecule has 1 aromatic heterocycles. The third kappa shape index (κ3) is 11.6. The Balaban J connectivity index is 0.982. The highest BCUT2D eigenvalue weighted by molar-refractivity contribution is 6.01. The van der Waals surface area contributed by atoms with E-state index in [0.29, 0.717) is 107 Å². The zero-order chi connectivity index (χ0) is 37.7. The van der Waals surface area contributed by atoms with Gasteiger partial charge in [0.1, 0.15) is 5.82 Å². The van der Waals surface area contributed by atoms with Gasteiger partial charge in [-0.3, -0.25) is 14.4 Å². The van der Waals surface area contributed by atoms with Crippen LogP contribution in [0.3, 0.4) is 0 Å². The molecule has 0 saturated heterocycles. The van der Waals surface area contributed by atoms with Crippen LogP contribution >= 0.6 is 0 Å². The van der Waals surface area contributed by atoms with Crippen LogP contribution in [0.15, 0.2) is 54.6 Å². The lowest BCUT2D eigenvalue weighted by Gasteiger charge is -2.17. The molecular formula is C37H43F2N3O11. The van der Waals surface area contributed by atoms with Crippen molar-refractivity contribution in [2.24, 2.45) is 0 Å². The van der Waals surface area contributed by atoms with Crippen molar-refractivity contribution in [1.82, 2.24) is 10.3 Å². The number of carboxylic acids is 1. The number of nitrogens with zero attached hydrogens (tertiary/aromatic N) is 1. The first-order valence-corrected chi connectivity index (χ1v) is 17.2. The Hall–Kier alpha value is -4.74. The monoisotopic (exact) mass is 743 g/mol. The summed E-state index contributed by atoms with van der Waals surface area (Å²) in [4.78, 5) is 41.4. The minimum Gasteiger partial charge on any atom is -0.481 e. The number of carbonyl (C=O) groups is 3. The van der Waals surface area contributed by atoms with Gasteiger partial charge < -0.3 is 48.9 Å². The summed E-state index contributed by atoms with van der Waals surface area (Å²) in [6, 6.07) is 14.9. The number of aliphatic carboxylic acids is 1. The van der Waals surface area contributed by atoms with Crippen molar-refractivity contribution in [3.63, 3.8) is 0 Å². The standard InChI is InChI=1S/C37H43F2N3O11/c1-25-5-8-31(42-35(46)36(10-11-36)28-6-7-29-30(24-28)53-37(38,39)52-29)41-33(25)26-3-2-4-27(23-26)34(45)40-12-14-48-16-18-50-20-22-51-21-19-49-17-15-47-13-9-32(43)44/h2-8,23-24H,9-22H2,1H3,(H,40,45)(H,43,44)(H,41,42,46). The lowest BCUT2D eigenvalue weighted by molar-refractivity contribution is -0.286. The molecule has 14 nitrogen and oxygen atoms in total. The van der Waals surface area contributed by atoms with Crippen LogP contribution in [0.4, 0.5) is 14.6 Å². The Labute approximate surface area is 305 Å². The zero-order valence-corrected chi connectivity index (χ0v) is 29.3. The number of anilines is 1. The van der Waals surface area contributed by atoms with Crippen molar-refractivity contribution in [1.29, 1.82) is 0 Å². The minimum atomic E-state index is -3.74. The van der Waals surface area contributed by atoms with Gasteiger partial charge in [-0.15, -0.1) is 8.78 Å². The average molecular weight is 744 g/mol. The summed E-state index contributed by atoms with van der Waals surface area (Å²) in [5, 5.41) is 14.2. The highest BCUT2D eigenvalue weighted by Gasteiger charge is 2.53. The first-order valence-electron chi connectivity index (χ1n) is 17.2. The van der Waals surface area contributed by atoms with Gasteiger partial charge in [-0.2, -0.15) is 0 Å². The molecule has 53 heavy (non-hydrogen) atoms. The Morgan fingerprint density at radius 3 is 2.06 bits per heavy atom. The van der Waals surface area contributed by atoms with Gasteiger partial charge in [-0.1, -0.05) is 24.3 Å². The number of aryl methyl sites for hydroxylation is 1. The number of hydrogen-bond donors (Lipinski definition) is 3. The van der Waals surface area contributed by atoms with Gasteiger partial charge in [0.05, 0.1) is 83.6 Å². The number of carboxylic acid groups (broad SMARTS) is 1. The number of benzene rings is 2. The maximum atomic E-state index is 13.5. The van der Waals surface area contributed by atoms with E-state index in [2.05, 4.69) is 25.1 Å². The van der Waals surface area contributed by atoms with Crippen molar-refractivity contribution in [2.75, 3.05) is 77.9 Å². The maximum absolute atomic E-state index is 13.5. The number of pyridine rings is 1. The highest BCUT2D eigenvalue weighted by atomic mass is 19.3. The molecule has 3 N–H and O–H groups in total. The van der Waals surface area contributed by atoms with E-state index in [9.17, 15) is 23.2 Å². The molecule has 0 bridgehead atoms. The lowest BCUT2D eigenvalue weighted by Crippen LogP contribution is -2.28. The van der Waals surface area contributed by atoms with Gasteiger partial charge in [0.15, 0.2) is 11.5 Å². The maximum Gasteiger partial charge on any atom is 0.586 e. The number of fused-ring (bicyclic) bond motifs is 1. The molecule has 0 atom stereocenters. The number of halogens is 2. The Bertz CT molecular complexity index is 1720. The second kappa shape index (κ2) is 18.8. The fourth-order valence-corrected chi connectivity index (χ4v) is 5.43. The molecule has 2 amide bonds. The summed E-state index contributed by atoms with van der Waals surface area (Å²) in [7, 11) is 0. The number of rotatable bonds is 23. The van der Waals surface area contributed by atoms with E-state index >= 15 is 0 Å². The SMILES string of the molecule is Cc1ccc(NC(=O)C2(c3ccc4c(c3)OC(F)(F)O4)CC2)nc1-c1cccc(C(=O)NCCOCCOCCOCCOCCOCCC(=O)O)c1. The number of aromatic nitrogens is 1. The van der Waals surface area contributed by atoms with Crippen molar-refractivity contribution < 1.29 is 61.4 Å². The molecule has 1 saturated carbocycles. The number of carbonyl (C=O) groups excluding carboxylic acids is 2. The van der Waals surface area contributed by atoms with Crippen molar-refractivity contribution in [2.45, 2.75) is 37.9 Å². The van der Waals surface area contributed by atoms with E-state index in [0.717, 1.165) is 5.56 Å². The summed E-state index contributed by atoms with van der Waals surface area (Å²) in [6.45, 7) is 5.64. The van der Waals surface area contributed by atoms with Crippen LogP contribution in [-0.2, 0) is 38.7 Å². The predicted octanol–water partition coefficient (Wildman–Crippen LogP) is 4.34. The molecule has 0 radical (unpaired) electrons. The van der Waals surface area contributed by atoms with Crippen LogP contribution in [0.5, 0.6) is 11.5 Å². The Morgan fingerprint density at radius 1 is 0.792 bits per heavy atom. The van der Waals surface area contributed by atoms with E-state index in [1.165, 1.54) is 12.1 Å². The van der Waals surface area contributed by atoms with E-state index in [4.69, 9.17) is 28.8 Å². The molecule has 286 valence electrons. The molecule has 0 unspecified atom stereocenters. The van der Waals surface area contributed by atoms with Crippen LogP contribution in [0, 0.1) is 6.92 Å². The van der Waals surface area contributed by atoms with E-state index in [1.54, 1.807) is 30.3 Å². The summed E-state index contributed by atoms with van der Waals surface area (Å²) in [5.74, 6) is -1.36. The first kappa shape index (κ1) is 39.5.